The van der Waals surface area contributed by atoms with Gasteiger partial charge in [-0.3, -0.25) is 0 Å². The molecular weight excluding hydrogens is 284 g/mol. The van der Waals surface area contributed by atoms with E-state index in [-0.39, 0.29) is 6.04 Å². The molecule has 1 rings (SSSR count). The average molecular weight is 294 g/mol. The molecule has 1 nitrogen and oxygen atoms in total. The van der Waals surface area contributed by atoms with Crippen LogP contribution >= 0.6 is 34.2 Å². The highest BCUT2D eigenvalue weighted by atomic mass is 127. The van der Waals surface area contributed by atoms with Crippen LogP contribution in [-0.4, -0.2) is 0 Å². The first-order valence-corrected chi connectivity index (χ1v) is 4.94. The Balaban J connectivity index is 3.12. The third kappa shape index (κ3) is 2.21. The quantitative estimate of drug-likeness (QED) is 0.658. The topological polar surface area (TPSA) is 26.0 Å². The minimum Gasteiger partial charge on any atom is -0.321 e. The molecule has 1 aromatic carbocycles. The Labute approximate surface area is 90.7 Å². The molecule has 0 heterocycles. The van der Waals surface area contributed by atoms with Crippen LogP contribution in [0.5, 0.6) is 0 Å². The fourth-order valence-electron chi connectivity index (χ4n) is 0.897. The highest BCUT2D eigenvalue weighted by Crippen LogP contribution is 2.22. The highest BCUT2D eigenvalue weighted by Gasteiger charge is 2.05. The second-order valence-electron chi connectivity index (χ2n) is 2.43. The Morgan fingerprint density at radius 2 is 2.25 bits per heavy atom. The zero-order valence-corrected chi connectivity index (χ0v) is 9.34. The van der Waals surface area contributed by atoms with Crippen molar-refractivity contribution in [1.82, 2.24) is 0 Å². The predicted octanol–water partition coefficient (Wildman–Crippen LogP) is 3.13. The number of benzene rings is 1. The molecule has 3 heteroatoms. The summed E-state index contributed by atoms with van der Waals surface area (Å²) in [5.74, 6) is 0. The molecule has 0 spiro atoms. The largest absolute Gasteiger partial charge is 0.321 e. The standard InChI is InChI=1S/C9H9ClIN/c1-2-9(12)7-5-6(10)3-4-8(7)11/h2-5,9H,1,12H2/t9-/m0/s1. The molecular formula is C9H9ClIN. The van der Waals surface area contributed by atoms with Gasteiger partial charge in [-0.2, -0.15) is 0 Å². The predicted molar refractivity (Wildman–Crippen MR) is 61.3 cm³/mol. The summed E-state index contributed by atoms with van der Waals surface area (Å²) in [6, 6.07) is 5.54. The van der Waals surface area contributed by atoms with E-state index in [0.29, 0.717) is 5.02 Å². The van der Waals surface area contributed by atoms with Crippen molar-refractivity contribution in [3.05, 3.63) is 45.0 Å². The van der Waals surface area contributed by atoms with Gasteiger partial charge >= 0.3 is 0 Å². The summed E-state index contributed by atoms with van der Waals surface area (Å²) in [4.78, 5) is 0. The van der Waals surface area contributed by atoms with Crippen molar-refractivity contribution in [1.29, 1.82) is 0 Å². The van der Waals surface area contributed by atoms with Crippen molar-refractivity contribution in [2.24, 2.45) is 5.73 Å². The highest BCUT2D eigenvalue weighted by molar-refractivity contribution is 14.1. The lowest BCUT2D eigenvalue weighted by Gasteiger charge is -2.08. The van der Waals surface area contributed by atoms with Crippen LogP contribution in [0.2, 0.25) is 5.02 Å². The molecule has 0 bridgehead atoms. The van der Waals surface area contributed by atoms with Gasteiger partial charge in [-0.05, 0) is 46.4 Å². The summed E-state index contributed by atoms with van der Waals surface area (Å²) in [6.07, 6.45) is 1.70. The zero-order valence-electron chi connectivity index (χ0n) is 6.43. The van der Waals surface area contributed by atoms with Crippen molar-refractivity contribution in [3.8, 4) is 0 Å². The van der Waals surface area contributed by atoms with E-state index in [2.05, 4.69) is 29.2 Å². The average Bonchev–Trinajstić information content (AvgIpc) is 2.08. The first-order valence-electron chi connectivity index (χ1n) is 3.48. The fraction of sp³-hybridized carbons (Fsp3) is 0.111. The van der Waals surface area contributed by atoms with Gasteiger partial charge in [-0.25, -0.2) is 0 Å². The lowest BCUT2D eigenvalue weighted by molar-refractivity contribution is 0.907. The van der Waals surface area contributed by atoms with E-state index >= 15 is 0 Å². The van der Waals surface area contributed by atoms with Crippen molar-refractivity contribution in [3.63, 3.8) is 0 Å². The minimum atomic E-state index is -0.129. The van der Waals surface area contributed by atoms with Gasteiger partial charge in [0.25, 0.3) is 0 Å². The number of halogens is 2. The molecule has 0 aromatic heterocycles. The molecule has 0 amide bonds. The number of hydrogen-bond acceptors (Lipinski definition) is 1. The SMILES string of the molecule is C=C[C@H](N)c1cc(Cl)ccc1I. The zero-order chi connectivity index (χ0) is 9.14. The van der Waals surface area contributed by atoms with Gasteiger partial charge < -0.3 is 5.73 Å². The second-order valence-corrected chi connectivity index (χ2v) is 4.03. The minimum absolute atomic E-state index is 0.129. The van der Waals surface area contributed by atoms with E-state index in [4.69, 9.17) is 17.3 Å². The Kier molecular flexibility index (Phi) is 3.55. The Morgan fingerprint density at radius 3 is 2.83 bits per heavy atom. The van der Waals surface area contributed by atoms with Gasteiger partial charge in [-0.1, -0.05) is 17.7 Å². The maximum Gasteiger partial charge on any atom is 0.0489 e. The number of nitrogens with two attached hydrogens (primary N) is 1. The molecule has 0 radical (unpaired) electrons. The lowest BCUT2D eigenvalue weighted by atomic mass is 10.1. The number of rotatable bonds is 2. The molecule has 1 aromatic rings. The van der Waals surface area contributed by atoms with Crippen LogP contribution in [-0.2, 0) is 0 Å². The first kappa shape index (κ1) is 10.0. The smallest absolute Gasteiger partial charge is 0.0489 e. The van der Waals surface area contributed by atoms with Crippen molar-refractivity contribution in [2.75, 3.05) is 0 Å². The monoisotopic (exact) mass is 293 g/mol. The fourth-order valence-corrected chi connectivity index (χ4v) is 1.77. The van der Waals surface area contributed by atoms with Gasteiger partial charge in [0.05, 0.1) is 0 Å². The van der Waals surface area contributed by atoms with Crippen molar-refractivity contribution >= 4 is 34.2 Å². The van der Waals surface area contributed by atoms with Crippen LogP contribution in [0.15, 0.2) is 30.9 Å². The lowest BCUT2D eigenvalue weighted by Crippen LogP contribution is -2.08. The van der Waals surface area contributed by atoms with Gasteiger partial charge in [0.2, 0.25) is 0 Å². The first-order chi connectivity index (χ1) is 5.65. The summed E-state index contributed by atoms with van der Waals surface area (Å²) >= 11 is 8.05. The van der Waals surface area contributed by atoms with E-state index in [1.54, 1.807) is 6.08 Å². The Hall–Kier alpha value is -0.0600. The van der Waals surface area contributed by atoms with E-state index in [0.717, 1.165) is 9.13 Å². The molecule has 1 atom stereocenters. The van der Waals surface area contributed by atoms with Crippen molar-refractivity contribution < 1.29 is 0 Å². The normalized spacial score (nSPS) is 12.6. The maximum atomic E-state index is 5.82. The van der Waals surface area contributed by atoms with Gasteiger partial charge in [0.15, 0.2) is 0 Å². The van der Waals surface area contributed by atoms with Crippen molar-refractivity contribution in [2.45, 2.75) is 6.04 Å². The van der Waals surface area contributed by atoms with Gasteiger partial charge in [0.1, 0.15) is 0 Å². The molecule has 0 unspecified atom stereocenters. The third-order valence-electron chi connectivity index (χ3n) is 1.57. The van der Waals surface area contributed by atoms with Gasteiger partial charge in [-0.15, -0.1) is 6.58 Å². The van der Waals surface area contributed by atoms with E-state index in [1.807, 2.05) is 18.2 Å². The molecule has 0 aliphatic rings. The summed E-state index contributed by atoms with van der Waals surface area (Å²) in [5.41, 5.74) is 6.81. The number of hydrogen-bond donors (Lipinski definition) is 1. The summed E-state index contributed by atoms with van der Waals surface area (Å²) in [7, 11) is 0. The van der Waals surface area contributed by atoms with E-state index < -0.39 is 0 Å². The van der Waals surface area contributed by atoms with Crippen LogP contribution < -0.4 is 5.73 Å². The molecule has 12 heavy (non-hydrogen) atoms. The molecule has 0 aliphatic carbocycles. The Morgan fingerprint density at radius 1 is 1.58 bits per heavy atom. The second kappa shape index (κ2) is 4.25. The van der Waals surface area contributed by atoms with Crippen LogP contribution in [0.4, 0.5) is 0 Å². The van der Waals surface area contributed by atoms with Crippen LogP contribution in [0.1, 0.15) is 11.6 Å². The molecule has 0 fully saturated rings. The molecule has 0 aliphatic heterocycles. The summed E-state index contributed by atoms with van der Waals surface area (Å²) in [6.45, 7) is 3.64. The Bertz CT molecular complexity index is 299. The van der Waals surface area contributed by atoms with E-state index in [1.165, 1.54) is 0 Å². The third-order valence-corrected chi connectivity index (χ3v) is 2.79. The van der Waals surface area contributed by atoms with Crippen LogP contribution in [0, 0.1) is 3.57 Å². The molecule has 0 saturated heterocycles. The molecule has 2 N–H and O–H groups in total. The summed E-state index contributed by atoms with van der Waals surface area (Å²) < 4.78 is 1.12. The maximum absolute atomic E-state index is 5.82. The van der Waals surface area contributed by atoms with Gasteiger partial charge in [0, 0.05) is 14.6 Å². The van der Waals surface area contributed by atoms with E-state index in [9.17, 15) is 0 Å². The molecule has 64 valence electrons. The summed E-state index contributed by atoms with van der Waals surface area (Å²) in [5, 5.41) is 0.711. The molecule has 0 saturated carbocycles. The van der Waals surface area contributed by atoms with Crippen LogP contribution in [0.3, 0.4) is 0 Å². The van der Waals surface area contributed by atoms with Crippen LogP contribution in [0.25, 0.3) is 0 Å².